The molecule has 2 N–H and O–H groups in total. The van der Waals surface area contributed by atoms with Crippen molar-refractivity contribution in [2.24, 2.45) is 0 Å². The highest BCUT2D eigenvalue weighted by Gasteiger charge is 2.12. The van der Waals surface area contributed by atoms with Gasteiger partial charge in [-0.2, -0.15) is 0 Å². The Morgan fingerprint density at radius 3 is 2.78 bits per heavy atom. The van der Waals surface area contributed by atoms with Crippen LogP contribution in [0, 0.1) is 0 Å². The van der Waals surface area contributed by atoms with Gasteiger partial charge in [0.15, 0.2) is 0 Å². The molecule has 1 unspecified atom stereocenters. The molecule has 18 heavy (non-hydrogen) atoms. The number of nitrogen functional groups attached to an aromatic ring is 1. The van der Waals surface area contributed by atoms with E-state index in [9.17, 15) is 4.21 Å². The predicted molar refractivity (Wildman–Crippen MR) is 74.4 cm³/mol. The Bertz CT molecular complexity index is 436. The van der Waals surface area contributed by atoms with E-state index in [-0.39, 0.29) is 0 Å². The number of morpholine rings is 1. The van der Waals surface area contributed by atoms with Crippen LogP contribution in [-0.2, 0) is 15.5 Å². The zero-order chi connectivity index (χ0) is 13.0. The molecule has 1 atom stereocenters. The highest BCUT2D eigenvalue weighted by molar-refractivity contribution is 7.85. The molecular weight excluding hydrogens is 272 g/mol. The second-order valence-electron chi connectivity index (χ2n) is 4.19. The van der Waals surface area contributed by atoms with Crippen molar-refractivity contribution in [1.29, 1.82) is 0 Å². The van der Waals surface area contributed by atoms with E-state index < -0.39 is 10.8 Å². The summed E-state index contributed by atoms with van der Waals surface area (Å²) < 4.78 is 17.4. The molecule has 1 aliphatic heterocycles. The summed E-state index contributed by atoms with van der Waals surface area (Å²) >= 11 is 5.92. The minimum Gasteiger partial charge on any atom is -0.398 e. The van der Waals surface area contributed by atoms with Gasteiger partial charge in [-0.25, -0.2) is 0 Å². The molecule has 1 aromatic rings. The van der Waals surface area contributed by atoms with E-state index in [0.29, 0.717) is 16.5 Å². The van der Waals surface area contributed by atoms with Crippen molar-refractivity contribution in [3.63, 3.8) is 0 Å². The molecule has 0 radical (unpaired) electrons. The van der Waals surface area contributed by atoms with Crippen molar-refractivity contribution in [1.82, 2.24) is 4.90 Å². The number of halogens is 1. The van der Waals surface area contributed by atoms with Crippen molar-refractivity contribution in [3.8, 4) is 0 Å². The molecule has 1 heterocycles. The minimum atomic E-state index is -1.03. The van der Waals surface area contributed by atoms with Gasteiger partial charge >= 0.3 is 0 Å². The summed E-state index contributed by atoms with van der Waals surface area (Å²) in [5.74, 6) is 0.611. The zero-order valence-corrected chi connectivity index (χ0v) is 11.7. The molecule has 2 rings (SSSR count). The molecule has 0 aromatic heterocycles. The summed E-state index contributed by atoms with van der Waals surface area (Å²) in [6, 6.07) is 5.16. The molecule has 0 spiro atoms. The molecule has 6 heteroatoms. The smallest absolute Gasteiger partial charge is 0.0647 e. The molecule has 4 nitrogen and oxygen atoms in total. The fraction of sp³-hybridized carbons (Fsp3) is 0.500. The number of ether oxygens (including phenoxy) is 1. The SMILES string of the molecule is Nc1ccc(S(=O)CCN2CCOCC2)cc1Cl. The van der Waals surface area contributed by atoms with E-state index in [1.165, 1.54) is 0 Å². The minimum absolute atomic E-state index is 0.465. The zero-order valence-electron chi connectivity index (χ0n) is 10.1. The molecule has 100 valence electrons. The third-order valence-electron chi connectivity index (χ3n) is 2.93. The van der Waals surface area contributed by atoms with Crippen molar-refractivity contribution in [2.75, 3.05) is 44.3 Å². The summed E-state index contributed by atoms with van der Waals surface area (Å²) in [5, 5.41) is 0.465. The van der Waals surface area contributed by atoms with Crippen LogP contribution in [0.25, 0.3) is 0 Å². The lowest BCUT2D eigenvalue weighted by Gasteiger charge is -2.26. The Morgan fingerprint density at radius 1 is 1.39 bits per heavy atom. The van der Waals surface area contributed by atoms with Crippen LogP contribution >= 0.6 is 11.6 Å². The summed E-state index contributed by atoms with van der Waals surface area (Å²) in [7, 11) is -1.03. The lowest BCUT2D eigenvalue weighted by Crippen LogP contribution is -2.38. The lowest BCUT2D eigenvalue weighted by molar-refractivity contribution is 0.0409. The van der Waals surface area contributed by atoms with Crippen LogP contribution in [0.1, 0.15) is 0 Å². The first kappa shape index (κ1) is 13.8. The summed E-state index contributed by atoms with van der Waals surface area (Å²) in [6.07, 6.45) is 0. The van der Waals surface area contributed by atoms with E-state index in [1.807, 2.05) is 0 Å². The Balaban J connectivity index is 1.88. The topological polar surface area (TPSA) is 55.6 Å². The van der Waals surface area contributed by atoms with Crippen LogP contribution in [0.5, 0.6) is 0 Å². The number of rotatable bonds is 4. The number of hydrogen-bond donors (Lipinski definition) is 1. The van der Waals surface area contributed by atoms with E-state index in [0.717, 1.165) is 37.7 Å². The number of nitrogens with zero attached hydrogens (tertiary/aromatic N) is 1. The number of anilines is 1. The monoisotopic (exact) mass is 288 g/mol. The highest BCUT2D eigenvalue weighted by Crippen LogP contribution is 2.21. The first-order valence-corrected chi connectivity index (χ1v) is 7.60. The van der Waals surface area contributed by atoms with Crippen molar-refractivity contribution < 1.29 is 8.95 Å². The van der Waals surface area contributed by atoms with Crippen molar-refractivity contribution >= 4 is 28.1 Å². The second kappa shape index (κ2) is 6.52. The highest BCUT2D eigenvalue weighted by atomic mass is 35.5. The molecule has 1 saturated heterocycles. The first-order chi connectivity index (χ1) is 8.66. The number of nitrogens with two attached hydrogens (primary N) is 1. The molecule has 1 fully saturated rings. The summed E-state index contributed by atoms with van der Waals surface area (Å²) in [4.78, 5) is 3.00. The third-order valence-corrected chi connectivity index (χ3v) is 4.59. The Hall–Kier alpha value is -0.620. The fourth-order valence-electron chi connectivity index (χ4n) is 1.80. The van der Waals surface area contributed by atoms with Gasteiger partial charge in [0.2, 0.25) is 0 Å². The Morgan fingerprint density at radius 2 is 2.11 bits per heavy atom. The average Bonchev–Trinajstić information content (AvgIpc) is 2.40. The molecule has 0 aliphatic carbocycles. The standard InChI is InChI=1S/C12H17ClN2O2S/c13-11-9-10(1-2-12(11)14)18(16)8-5-15-3-6-17-7-4-15/h1-2,9H,3-8,14H2. The van der Waals surface area contributed by atoms with Crippen molar-refractivity contribution in [2.45, 2.75) is 4.90 Å². The van der Waals surface area contributed by atoms with Gasteiger partial charge in [-0.1, -0.05) is 11.6 Å². The van der Waals surface area contributed by atoms with Gasteiger partial charge in [-0.05, 0) is 18.2 Å². The van der Waals surface area contributed by atoms with Crippen molar-refractivity contribution in [3.05, 3.63) is 23.2 Å². The normalized spacial score (nSPS) is 18.7. The van der Waals surface area contributed by atoms with Gasteiger partial charge in [0.1, 0.15) is 0 Å². The first-order valence-electron chi connectivity index (χ1n) is 5.90. The van der Waals surface area contributed by atoms with E-state index in [1.54, 1.807) is 18.2 Å². The van der Waals surface area contributed by atoms with Crippen LogP contribution in [0.4, 0.5) is 5.69 Å². The molecule has 1 aliphatic rings. The quantitative estimate of drug-likeness (QED) is 0.850. The summed E-state index contributed by atoms with van der Waals surface area (Å²) in [5.41, 5.74) is 6.15. The van der Waals surface area contributed by atoms with Gasteiger partial charge in [-0.3, -0.25) is 9.11 Å². The third kappa shape index (κ3) is 3.68. The fourth-order valence-corrected chi connectivity index (χ4v) is 3.18. The second-order valence-corrected chi connectivity index (χ2v) is 6.16. The van der Waals surface area contributed by atoms with Crippen LogP contribution in [0.2, 0.25) is 5.02 Å². The molecular formula is C12H17ClN2O2S. The van der Waals surface area contributed by atoms with E-state index >= 15 is 0 Å². The Kier molecular flexibility index (Phi) is 5.00. The van der Waals surface area contributed by atoms with Crippen LogP contribution in [0.3, 0.4) is 0 Å². The van der Waals surface area contributed by atoms with Gasteiger partial charge < -0.3 is 10.5 Å². The maximum atomic E-state index is 12.1. The largest absolute Gasteiger partial charge is 0.398 e. The lowest BCUT2D eigenvalue weighted by atomic mass is 10.3. The molecule has 1 aromatic carbocycles. The Labute approximate surface area is 115 Å². The van der Waals surface area contributed by atoms with Crippen LogP contribution in [-0.4, -0.2) is 47.7 Å². The predicted octanol–water partition coefficient (Wildman–Crippen LogP) is 1.36. The molecule has 0 saturated carbocycles. The van der Waals surface area contributed by atoms with E-state index in [4.69, 9.17) is 22.1 Å². The summed E-state index contributed by atoms with van der Waals surface area (Å²) in [6.45, 7) is 4.18. The van der Waals surface area contributed by atoms with Gasteiger partial charge in [-0.15, -0.1) is 0 Å². The molecule has 0 bridgehead atoms. The van der Waals surface area contributed by atoms with E-state index in [2.05, 4.69) is 4.90 Å². The van der Waals surface area contributed by atoms with Crippen LogP contribution < -0.4 is 5.73 Å². The number of hydrogen-bond acceptors (Lipinski definition) is 4. The van der Waals surface area contributed by atoms with Crippen LogP contribution in [0.15, 0.2) is 23.1 Å². The van der Waals surface area contributed by atoms with Gasteiger partial charge in [0.05, 0.1) is 34.7 Å². The molecule has 0 amide bonds. The van der Waals surface area contributed by atoms with Gasteiger partial charge in [0, 0.05) is 30.3 Å². The maximum absolute atomic E-state index is 12.1. The number of benzene rings is 1. The van der Waals surface area contributed by atoms with Gasteiger partial charge in [0.25, 0.3) is 0 Å². The average molecular weight is 289 g/mol. The maximum Gasteiger partial charge on any atom is 0.0647 e.